The van der Waals surface area contributed by atoms with Gasteiger partial charge in [-0.15, -0.1) is 0 Å². The van der Waals surface area contributed by atoms with Crippen LogP contribution in [-0.2, 0) is 6.54 Å². The molecule has 0 unspecified atom stereocenters. The maximum atomic E-state index is 12.0. The van der Waals surface area contributed by atoms with Crippen molar-refractivity contribution in [3.05, 3.63) is 59.2 Å². The second-order valence-electron chi connectivity index (χ2n) is 4.64. The highest BCUT2D eigenvalue weighted by atomic mass is 16.2. The first-order valence-electron chi connectivity index (χ1n) is 6.28. The summed E-state index contributed by atoms with van der Waals surface area (Å²) in [6.07, 6.45) is 0. The van der Waals surface area contributed by atoms with Crippen molar-refractivity contribution in [2.24, 2.45) is 5.73 Å². The van der Waals surface area contributed by atoms with Crippen LogP contribution in [0.4, 0.5) is 11.4 Å². The second-order valence-corrected chi connectivity index (χ2v) is 4.64. The van der Waals surface area contributed by atoms with Gasteiger partial charge in [0.15, 0.2) is 0 Å². The number of amides is 2. The molecule has 0 bridgehead atoms. The van der Waals surface area contributed by atoms with E-state index in [9.17, 15) is 9.59 Å². The predicted molar refractivity (Wildman–Crippen MR) is 81.4 cm³/mol. The highest BCUT2D eigenvalue weighted by molar-refractivity contribution is 5.96. The van der Waals surface area contributed by atoms with Gasteiger partial charge in [-0.2, -0.15) is 0 Å². The Hall–Kier alpha value is -3.02. The summed E-state index contributed by atoms with van der Waals surface area (Å²) >= 11 is 0. The van der Waals surface area contributed by atoms with Crippen LogP contribution in [0.3, 0.4) is 0 Å². The quantitative estimate of drug-likeness (QED) is 0.622. The number of hydrogen-bond donors (Lipinski definition) is 4. The molecule has 0 radical (unpaired) electrons. The van der Waals surface area contributed by atoms with E-state index in [1.54, 1.807) is 42.5 Å². The Kier molecular flexibility index (Phi) is 4.08. The fourth-order valence-corrected chi connectivity index (χ4v) is 1.93. The molecule has 21 heavy (non-hydrogen) atoms. The average Bonchev–Trinajstić information content (AvgIpc) is 2.44. The smallest absolute Gasteiger partial charge is 0.251 e. The van der Waals surface area contributed by atoms with Gasteiger partial charge >= 0.3 is 0 Å². The Morgan fingerprint density at radius 2 is 1.62 bits per heavy atom. The summed E-state index contributed by atoms with van der Waals surface area (Å²) in [5, 5.41) is 2.73. The number of hydrogen-bond acceptors (Lipinski definition) is 4. The summed E-state index contributed by atoms with van der Waals surface area (Å²) in [6, 6.07) is 11.4. The summed E-state index contributed by atoms with van der Waals surface area (Å²) in [5.41, 5.74) is 18.9. The molecule has 2 amide bonds. The molecule has 6 heteroatoms. The Labute approximate surface area is 121 Å². The van der Waals surface area contributed by atoms with Crippen molar-refractivity contribution >= 4 is 23.2 Å². The first-order valence-corrected chi connectivity index (χ1v) is 6.28. The third-order valence-corrected chi connectivity index (χ3v) is 2.90. The standard InChI is InChI=1S/C15H16N4O2/c16-12-5-11(6-13(17)7-12)15(21)19-8-9-2-1-3-10(4-9)14(18)20/h1-7H,8,16-17H2,(H2,18,20)(H,19,21). The van der Waals surface area contributed by atoms with E-state index in [4.69, 9.17) is 17.2 Å². The normalized spacial score (nSPS) is 10.1. The van der Waals surface area contributed by atoms with Crippen LogP contribution in [0.15, 0.2) is 42.5 Å². The fourth-order valence-electron chi connectivity index (χ4n) is 1.93. The molecule has 2 aromatic carbocycles. The minimum atomic E-state index is -0.508. The van der Waals surface area contributed by atoms with Gasteiger partial charge in [0, 0.05) is 29.0 Å². The molecule has 0 aromatic heterocycles. The first kappa shape index (κ1) is 14.4. The number of nitrogens with two attached hydrogens (primary N) is 3. The molecule has 0 fully saturated rings. The fraction of sp³-hybridized carbons (Fsp3) is 0.0667. The molecule has 0 heterocycles. The van der Waals surface area contributed by atoms with Crippen molar-refractivity contribution in [3.8, 4) is 0 Å². The maximum absolute atomic E-state index is 12.0. The lowest BCUT2D eigenvalue weighted by Crippen LogP contribution is -2.23. The van der Waals surface area contributed by atoms with Crippen LogP contribution in [0, 0.1) is 0 Å². The van der Waals surface area contributed by atoms with Gasteiger partial charge in [-0.25, -0.2) is 0 Å². The maximum Gasteiger partial charge on any atom is 0.251 e. The molecular weight excluding hydrogens is 268 g/mol. The number of benzene rings is 2. The minimum absolute atomic E-state index is 0.272. The Morgan fingerprint density at radius 3 is 2.24 bits per heavy atom. The van der Waals surface area contributed by atoms with Gasteiger partial charge in [-0.05, 0) is 35.9 Å². The number of primary amides is 1. The van der Waals surface area contributed by atoms with Crippen LogP contribution in [0.25, 0.3) is 0 Å². The number of rotatable bonds is 4. The molecule has 0 saturated carbocycles. The molecule has 0 aliphatic rings. The molecular formula is C15H16N4O2. The molecule has 0 saturated heterocycles. The van der Waals surface area contributed by atoms with E-state index in [2.05, 4.69) is 5.32 Å². The molecule has 2 rings (SSSR count). The van der Waals surface area contributed by atoms with Crippen LogP contribution in [0.1, 0.15) is 26.3 Å². The van der Waals surface area contributed by atoms with Gasteiger partial charge in [0.05, 0.1) is 0 Å². The zero-order valence-electron chi connectivity index (χ0n) is 11.3. The largest absolute Gasteiger partial charge is 0.399 e. The SMILES string of the molecule is NC(=O)c1cccc(CNC(=O)c2cc(N)cc(N)c2)c1. The van der Waals surface area contributed by atoms with Crippen LogP contribution in [-0.4, -0.2) is 11.8 Å². The van der Waals surface area contributed by atoms with Gasteiger partial charge in [0.2, 0.25) is 5.91 Å². The lowest BCUT2D eigenvalue weighted by molar-refractivity contribution is 0.0950. The number of nitrogen functional groups attached to an aromatic ring is 2. The molecule has 2 aromatic rings. The van der Waals surface area contributed by atoms with E-state index in [-0.39, 0.29) is 12.5 Å². The van der Waals surface area contributed by atoms with Gasteiger partial charge in [0.25, 0.3) is 5.91 Å². The van der Waals surface area contributed by atoms with E-state index in [1.807, 2.05) is 0 Å². The average molecular weight is 284 g/mol. The van der Waals surface area contributed by atoms with E-state index in [1.165, 1.54) is 0 Å². The van der Waals surface area contributed by atoms with E-state index in [0.29, 0.717) is 22.5 Å². The van der Waals surface area contributed by atoms with Crippen molar-refractivity contribution in [2.75, 3.05) is 11.5 Å². The van der Waals surface area contributed by atoms with Gasteiger partial charge in [-0.3, -0.25) is 9.59 Å². The third-order valence-electron chi connectivity index (χ3n) is 2.90. The molecule has 108 valence electrons. The number of anilines is 2. The van der Waals surface area contributed by atoms with Crippen LogP contribution in [0.2, 0.25) is 0 Å². The molecule has 0 aliphatic carbocycles. The third kappa shape index (κ3) is 3.73. The number of carbonyl (C=O) groups excluding carboxylic acids is 2. The summed E-state index contributed by atoms with van der Waals surface area (Å²) in [6.45, 7) is 0.272. The number of carbonyl (C=O) groups is 2. The van der Waals surface area contributed by atoms with Gasteiger partial charge in [0.1, 0.15) is 0 Å². The summed E-state index contributed by atoms with van der Waals surface area (Å²) < 4.78 is 0. The van der Waals surface area contributed by atoms with Gasteiger partial charge in [-0.1, -0.05) is 12.1 Å². The van der Waals surface area contributed by atoms with Crippen LogP contribution in [0.5, 0.6) is 0 Å². The number of nitrogens with one attached hydrogen (secondary N) is 1. The monoisotopic (exact) mass is 284 g/mol. The predicted octanol–water partition coefficient (Wildman–Crippen LogP) is 0.880. The molecule has 0 atom stereocenters. The minimum Gasteiger partial charge on any atom is -0.399 e. The summed E-state index contributed by atoms with van der Waals surface area (Å²) in [5.74, 6) is -0.801. The van der Waals surface area contributed by atoms with Crippen LogP contribution >= 0.6 is 0 Å². The van der Waals surface area contributed by atoms with E-state index < -0.39 is 5.91 Å². The molecule has 6 nitrogen and oxygen atoms in total. The summed E-state index contributed by atoms with van der Waals surface area (Å²) in [7, 11) is 0. The molecule has 0 aliphatic heterocycles. The van der Waals surface area contributed by atoms with Crippen molar-refractivity contribution in [3.63, 3.8) is 0 Å². The highest BCUT2D eigenvalue weighted by Gasteiger charge is 2.08. The Balaban J connectivity index is 2.07. The first-order chi connectivity index (χ1) is 9.95. The highest BCUT2D eigenvalue weighted by Crippen LogP contribution is 2.13. The lowest BCUT2D eigenvalue weighted by atomic mass is 10.1. The lowest BCUT2D eigenvalue weighted by Gasteiger charge is -2.08. The topological polar surface area (TPSA) is 124 Å². The Morgan fingerprint density at radius 1 is 0.952 bits per heavy atom. The van der Waals surface area contributed by atoms with E-state index in [0.717, 1.165) is 5.56 Å². The van der Waals surface area contributed by atoms with Crippen LogP contribution < -0.4 is 22.5 Å². The summed E-state index contributed by atoms with van der Waals surface area (Å²) in [4.78, 5) is 23.1. The zero-order valence-corrected chi connectivity index (χ0v) is 11.3. The zero-order chi connectivity index (χ0) is 15.4. The van der Waals surface area contributed by atoms with Crippen molar-refractivity contribution in [1.82, 2.24) is 5.32 Å². The molecule has 0 spiro atoms. The Bertz CT molecular complexity index is 678. The molecule has 7 N–H and O–H groups in total. The van der Waals surface area contributed by atoms with E-state index >= 15 is 0 Å². The van der Waals surface area contributed by atoms with Crippen molar-refractivity contribution < 1.29 is 9.59 Å². The van der Waals surface area contributed by atoms with Crippen molar-refractivity contribution in [2.45, 2.75) is 6.54 Å². The second kappa shape index (κ2) is 5.96. The van der Waals surface area contributed by atoms with Crippen molar-refractivity contribution in [1.29, 1.82) is 0 Å². The van der Waals surface area contributed by atoms with Gasteiger partial charge < -0.3 is 22.5 Å².